The van der Waals surface area contributed by atoms with Gasteiger partial charge in [0.25, 0.3) is 5.91 Å². The Morgan fingerprint density at radius 1 is 1.21 bits per heavy atom. The van der Waals surface area contributed by atoms with Gasteiger partial charge in [0, 0.05) is 15.5 Å². The van der Waals surface area contributed by atoms with E-state index in [1.807, 2.05) is 19.2 Å². The molecule has 4 nitrogen and oxygen atoms in total. The van der Waals surface area contributed by atoms with Crippen molar-refractivity contribution in [3.63, 3.8) is 0 Å². The third-order valence-corrected chi connectivity index (χ3v) is 5.82. The molecule has 0 aliphatic heterocycles. The maximum Gasteiger partial charge on any atom is 0.257 e. The number of nitrogens with one attached hydrogen (secondary N) is 1. The number of amides is 1. The predicted octanol–water partition coefficient (Wildman–Crippen LogP) is 5.97. The van der Waals surface area contributed by atoms with E-state index in [4.69, 9.17) is 23.2 Å². The number of thioether (sulfide) groups is 1. The topological polar surface area (TPSA) is 46.9 Å². The first-order chi connectivity index (χ1) is 13.3. The highest BCUT2D eigenvalue weighted by Gasteiger charge is 2.19. The van der Waals surface area contributed by atoms with Crippen LogP contribution in [0.1, 0.15) is 27.3 Å². The number of carbonyl (C=O) groups is 1. The van der Waals surface area contributed by atoms with E-state index in [1.54, 1.807) is 35.9 Å². The first kappa shape index (κ1) is 20.7. The Bertz CT molecular complexity index is 1030. The van der Waals surface area contributed by atoms with E-state index in [0.717, 1.165) is 4.90 Å². The van der Waals surface area contributed by atoms with Gasteiger partial charge < -0.3 is 5.32 Å². The number of aromatic nitrogens is 2. The van der Waals surface area contributed by atoms with Gasteiger partial charge >= 0.3 is 0 Å². The van der Waals surface area contributed by atoms with Crippen LogP contribution in [0.25, 0.3) is 0 Å². The van der Waals surface area contributed by atoms with E-state index in [1.165, 1.54) is 17.8 Å². The lowest BCUT2D eigenvalue weighted by atomic mass is 10.2. The van der Waals surface area contributed by atoms with Crippen LogP contribution >= 0.6 is 35.0 Å². The molecule has 3 aromatic rings. The molecule has 0 fully saturated rings. The van der Waals surface area contributed by atoms with Gasteiger partial charge in [-0.2, -0.15) is 5.10 Å². The van der Waals surface area contributed by atoms with Crippen molar-refractivity contribution in [3.05, 3.63) is 74.8 Å². The molecule has 1 aromatic heterocycles. The minimum atomic E-state index is -0.397. The summed E-state index contributed by atoms with van der Waals surface area (Å²) in [5, 5.41) is 8.01. The molecular weight excluding hydrogens is 420 g/mol. The number of hydrogen-bond acceptors (Lipinski definition) is 3. The van der Waals surface area contributed by atoms with Crippen molar-refractivity contribution in [2.45, 2.75) is 25.3 Å². The summed E-state index contributed by atoms with van der Waals surface area (Å²) in [4.78, 5) is 13.7. The predicted molar refractivity (Wildman–Crippen MR) is 113 cm³/mol. The van der Waals surface area contributed by atoms with Crippen LogP contribution in [0, 0.1) is 19.7 Å². The summed E-state index contributed by atoms with van der Waals surface area (Å²) in [6, 6.07) is 9.85. The Kier molecular flexibility index (Phi) is 6.33. The molecule has 0 atom stereocenters. The Hall–Kier alpha value is -2.02. The van der Waals surface area contributed by atoms with Crippen molar-refractivity contribution in [2.24, 2.45) is 0 Å². The summed E-state index contributed by atoms with van der Waals surface area (Å²) >= 11 is 13.8. The highest BCUT2D eigenvalue weighted by atomic mass is 35.5. The van der Waals surface area contributed by atoms with Gasteiger partial charge in [0.05, 0.1) is 34.2 Å². The summed E-state index contributed by atoms with van der Waals surface area (Å²) in [6.45, 7) is 3.75. The second-order valence-electron chi connectivity index (χ2n) is 6.20. The van der Waals surface area contributed by atoms with Crippen LogP contribution in [0.15, 0.2) is 41.3 Å². The number of halogens is 3. The van der Waals surface area contributed by atoms with E-state index in [0.29, 0.717) is 38.2 Å². The summed E-state index contributed by atoms with van der Waals surface area (Å²) < 4.78 is 15.7. The minimum Gasteiger partial charge on any atom is -0.319 e. The van der Waals surface area contributed by atoms with Gasteiger partial charge in [-0.15, -0.1) is 11.8 Å². The van der Waals surface area contributed by atoms with Crippen LogP contribution in [0.4, 0.5) is 10.1 Å². The van der Waals surface area contributed by atoms with Crippen molar-refractivity contribution in [2.75, 3.05) is 11.6 Å². The normalized spacial score (nSPS) is 10.9. The van der Waals surface area contributed by atoms with Crippen LogP contribution in [0.3, 0.4) is 0 Å². The molecule has 8 heteroatoms. The van der Waals surface area contributed by atoms with Crippen LogP contribution < -0.4 is 5.32 Å². The largest absolute Gasteiger partial charge is 0.319 e. The molecular formula is C20H18Cl2FN3OS. The number of benzene rings is 2. The highest BCUT2D eigenvalue weighted by Crippen LogP contribution is 2.27. The van der Waals surface area contributed by atoms with E-state index in [-0.39, 0.29) is 12.5 Å². The first-order valence-corrected chi connectivity index (χ1v) is 10.4. The van der Waals surface area contributed by atoms with Gasteiger partial charge in [-0.25, -0.2) is 4.39 Å². The van der Waals surface area contributed by atoms with E-state index in [2.05, 4.69) is 10.4 Å². The first-order valence-electron chi connectivity index (χ1n) is 8.43. The second-order valence-corrected chi connectivity index (χ2v) is 7.90. The van der Waals surface area contributed by atoms with Gasteiger partial charge in [-0.1, -0.05) is 29.3 Å². The zero-order valence-corrected chi connectivity index (χ0v) is 17.8. The second kappa shape index (κ2) is 8.55. The molecule has 0 saturated heterocycles. The van der Waals surface area contributed by atoms with Crippen molar-refractivity contribution < 1.29 is 9.18 Å². The molecule has 0 radical (unpaired) electrons. The number of anilines is 1. The SMILES string of the molecule is CSc1ccc(Cl)c(C(=O)Nc2c(C)nn(Cc3c(F)cccc3Cl)c2C)c1. The molecule has 1 heterocycles. The van der Waals surface area contributed by atoms with E-state index in [9.17, 15) is 9.18 Å². The molecule has 0 unspecified atom stereocenters. The van der Waals surface area contributed by atoms with Crippen molar-refractivity contribution in [1.82, 2.24) is 9.78 Å². The average Bonchev–Trinajstić information content (AvgIpc) is 2.92. The van der Waals surface area contributed by atoms with E-state index >= 15 is 0 Å². The lowest BCUT2D eigenvalue weighted by molar-refractivity contribution is 0.102. The lowest BCUT2D eigenvalue weighted by Crippen LogP contribution is -2.14. The lowest BCUT2D eigenvalue weighted by Gasteiger charge is -2.10. The summed E-state index contributed by atoms with van der Waals surface area (Å²) in [5.74, 6) is -0.720. The summed E-state index contributed by atoms with van der Waals surface area (Å²) in [7, 11) is 0. The number of carbonyl (C=O) groups excluding carboxylic acids is 1. The molecule has 1 N–H and O–H groups in total. The van der Waals surface area contributed by atoms with Crippen LogP contribution in [0.5, 0.6) is 0 Å². The molecule has 2 aromatic carbocycles. The zero-order chi connectivity index (χ0) is 20.4. The molecule has 0 spiro atoms. The van der Waals surface area contributed by atoms with Gasteiger partial charge in [0.2, 0.25) is 0 Å². The molecule has 3 rings (SSSR count). The van der Waals surface area contributed by atoms with Crippen molar-refractivity contribution >= 4 is 46.6 Å². The van der Waals surface area contributed by atoms with Gasteiger partial charge in [0.15, 0.2) is 0 Å². The van der Waals surface area contributed by atoms with Crippen LogP contribution in [0.2, 0.25) is 10.0 Å². The fourth-order valence-corrected chi connectivity index (χ4v) is 3.72. The summed E-state index contributed by atoms with van der Waals surface area (Å²) in [6.07, 6.45) is 1.93. The molecule has 1 amide bonds. The molecule has 0 aliphatic rings. The molecule has 0 saturated carbocycles. The Labute approximate surface area is 177 Å². The van der Waals surface area contributed by atoms with Gasteiger partial charge in [-0.05, 0) is 50.4 Å². The number of hydrogen-bond donors (Lipinski definition) is 1. The Morgan fingerprint density at radius 2 is 1.96 bits per heavy atom. The standard InChI is InChI=1S/C20H18Cl2FN3OS/c1-11-19(24-20(27)14-9-13(28-3)7-8-17(14)22)12(2)26(25-11)10-15-16(21)5-4-6-18(15)23/h4-9H,10H2,1-3H3,(H,24,27). The zero-order valence-electron chi connectivity index (χ0n) is 15.5. The Morgan fingerprint density at radius 3 is 2.64 bits per heavy atom. The molecule has 146 valence electrons. The van der Waals surface area contributed by atoms with Gasteiger partial charge in [-0.3, -0.25) is 9.48 Å². The fraction of sp³-hybridized carbons (Fsp3) is 0.200. The molecule has 0 aliphatic carbocycles. The smallest absolute Gasteiger partial charge is 0.257 e. The minimum absolute atomic E-state index is 0.163. The van der Waals surface area contributed by atoms with Crippen molar-refractivity contribution in [3.8, 4) is 0 Å². The monoisotopic (exact) mass is 437 g/mol. The van der Waals surface area contributed by atoms with Crippen LogP contribution in [-0.2, 0) is 6.54 Å². The van der Waals surface area contributed by atoms with E-state index < -0.39 is 5.82 Å². The third-order valence-electron chi connectivity index (χ3n) is 4.41. The maximum atomic E-state index is 14.1. The number of rotatable bonds is 5. The highest BCUT2D eigenvalue weighted by molar-refractivity contribution is 7.98. The number of aryl methyl sites for hydroxylation is 1. The maximum absolute atomic E-state index is 14.1. The number of nitrogens with zero attached hydrogens (tertiary/aromatic N) is 2. The van der Waals surface area contributed by atoms with Gasteiger partial charge in [0.1, 0.15) is 5.82 Å². The molecule has 28 heavy (non-hydrogen) atoms. The summed E-state index contributed by atoms with van der Waals surface area (Å²) in [5.41, 5.74) is 2.63. The average molecular weight is 438 g/mol. The molecule has 0 bridgehead atoms. The Balaban J connectivity index is 1.89. The van der Waals surface area contributed by atoms with Crippen molar-refractivity contribution in [1.29, 1.82) is 0 Å². The fourth-order valence-electron chi connectivity index (χ4n) is 2.85. The van der Waals surface area contributed by atoms with Crippen LogP contribution in [-0.4, -0.2) is 21.9 Å². The third kappa shape index (κ3) is 4.19. The quantitative estimate of drug-likeness (QED) is 0.500.